The number of rotatable bonds is 3. The lowest BCUT2D eigenvalue weighted by atomic mass is 9.84. The summed E-state index contributed by atoms with van der Waals surface area (Å²) in [6, 6.07) is 25.2. The number of pyridine rings is 1. The quantitative estimate of drug-likeness (QED) is 0.726. The number of carbonyl (C=O) groups is 1. The minimum atomic E-state index is 0.0223. The van der Waals surface area contributed by atoms with Gasteiger partial charge in [-0.3, -0.25) is 15.2 Å². The van der Waals surface area contributed by atoms with Crippen molar-refractivity contribution in [2.45, 2.75) is 18.5 Å². The number of amides is 1. The predicted molar refractivity (Wildman–Crippen MR) is 113 cm³/mol. The standard InChI is InChI=1S/C24H24N4O/c29-24(22-8-4-5-14-25-22)28-15-13-21-20(16-28)23(27-26-21)19-11-9-18(10-12-19)17-6-2-1-3-7-17/h1-12,14,20-21,23,26-27H,13,15-16H2. The molecule has 0 saturated carbocycles. The molecule has 0 radical (unpaired) electrons. The average Bonchev–Trinajstić information content (AvgIpc) is 3.23. The number of hydrogen-bond donors (Lipinski definition) is 2. The smallest absolute Gasteiger partial charge is 0.272 e. The van der Waals surface area contributed by atoms with E-state index < -0.39 is 0 Å². The molecular formula is C24H24N4O. The molecule has 3 unspecified atom stereocenters. The molecule has 3 atom stereocenters. The van der Waals surface area contributed by atoms with Gasteiger partial charge in [-0.25, -0.2) is 5.43 Å². The van der Waals surface area contributed by atoms with E-state index in [9.17, 15) is 4.79 Å². The first-order valence-corrected chi connectivity index (χ1v) is 10.2. The molecule has 2 aliphatic rings. The molecule has 2 N–H and O–H groups in total. The van der Waals surface area contributed by atoms with Crippen LogP contribution in [0, 0.1) is 5.92 Å². The van der Waals surface area contributed by atoms with Gasteiger partial charge < -0.3 is 4.90 Å². The average molecular weight is 384 g/mol. The summed E-state index contributed by atoms with van der Waals surface area (Å²) in [5, 5.41) is 0. The first-order chi connectivity index (χ1) is 14.3. The highest BCUT2D eigenvalue weighted by molar-refractivity contribution is 5.92. The van der Waals surface area contributed by atoms with Crippen LogP contribution in [0.1, 0.15) is 28.5 Å². The Balaban J connectivity index is 1.33. The monoisotopic (exact) mass is 384 g/mol. The summed E-state index contributed by atoms with van der Waals surface area (Å²) < 4.78 is 0. The molecule has 29 heavy (non-hydrogen) atoms. The number of piperidine rings is 1. The van der Waals surface area contributed by atoms with E-state index in [4.69, 9.17) is 0 Å². The molecule has 2 aliphatic heterocycles. The molecule has 0 spiro atoms. The summed E-state index contributed by atoms with van der Waals surface area (Å²) in [6.07, 6.45) is 2.62. The molecule has 1 amide bonds. The third-order valence-electron chi connectivity index (χ3n) is 6.06. The van der Waals surface area contributed by atoms with Crippen LogP contribution in [0.3, 0.4) is 0 Å². The predicted octanol–water partition coefficient (Wildman–Crippen LogP) is 3.43. The molecule has 2 saturated heterocycles. The summed E-state index contributed by atoms with van der Waals surface area (Å²) in [7, 11) is 0. The van der Waals surface area contributed by atoms with Crippen molar-refractivity contribution in [2.24, 2.45) is 5.92 Å². The Morgan fingerprint density at radius 2 is 1.66 bits per heavy atom. The highest BCUT2D eigenvalue weighted by Crippen LogP contribution is 2.34. The molecule has 0 bridgehead atoms. The van der Waals surface area contributed by atoms with Crippen molar-refractivity contribution in [3.63, 3.8) is 0 Å². The third kappa shape index (κ3) is 3.55. The van der Waals surface area contributed by atoms with E-state index in [2.05, 4.69) is 64.4 Å². The first kappa shape index (κ1) is 18.0. The van der Waals surface area contributed by atoms with Crippen LogP contribution in [0.2, 0.25) is 0 Å². The highest BCUT2D eigenvalue weighted by atomic mass is 16.2. The molecule has 5 rings (SSSR count). The van der Waals surface area contributed by atoms with E-state index in [1.165, 1.54) is 16.7 Å². The fraction of sp³-hybridized carbons (Fsp3) is 0.250. The second-order valence-corrected chi connectivity index (χ2v) is 7.78. The van der Waals surface area contributed by atoms with Crippen molar-refractivity contribution in [1.82, 2.24) is 20.7 Å². The maximum atomic E-state index is 12.9. The van der Waals surface area contributed by atoms with Crippen LogP contribution in [-0.4, -0.2) is 34.9 Å². The molecule has 5 nitrogen and oxygen atoms in total. The van der Waals surface area contributed by atoms with E-state index >= 15 is 0 Å². The van der Waals surface area contributed by atoms with Gasteiger partial charge in [-0.2, -0.15) is 0 Å². The van der Waals surface area contributed by atoms with E-state index in [-0.39, 0.29) is 11.9 Å². The first-order valence-electron chi connectivity index (χ1n) is 10.2. The number of fused-ring (bicyclic) bond motifs is 1. The number of nitrogens with one attached hydrogen (secondary N) is 2. The fourth-order valence-electron chi connectivity index (χ4n) is 4.48. The maximum absolute atomic E-state index is 12.9. The van der Waals surface area contributed by atoms with Crippen LogP contribution in [0.15, 0.2) is 79.0 Å². The largest absolute Gasteiger partial charge is 0.337 e. The molecule has 3 aromatic rings. The minimum Gasteiger partial charge on any atom is -0.337 e. The van der Waals surface area contributed by atoms with Gasteiger partial charge in [-0.05, 0) is 35.2 Å². The Morgan fingerprint density at radius 1 is 0.897 bits per heavy atom. The van der Waals surface area contributed by atoms with Gasteiger partial charge >= 0.3 is 0 Å². The van der Waals surface area contributed by atoms with Gasteiger partial charge in [0.1, 0.15) is 5.69 Å². The summed E-state index contributed by atoms with van der Waals surface area (Å²) in [5.41, 5.74) is 11.1. The number of hydrazine groups is 1. The molecule has 1 aromatic heterocycles. The fourth-order valence-corrected chi connectivity index (χ4v) is 4.48. The summed E-state index contributed by atoms with van der Waals surface area (Å²) in [5.74, 6) is 0.355. The normalized spacial score (nSPS) is 23.6. The van der Waals surface area contributed by atoms with E-state index in [0.717, 1.165) is 19.5 Å². The lowest BCUT2D eigenvalue weighted by Gasteiger charge is -2.36. The van der Waals surface area contributed by atoms with Gasteiger partial charge in [0.25, 0.3) is 5.91 Å². The van der Waals surface area contributed by atoms with Gasteiger partial charge in [-0.15, -0.1) is 0 Å². The number of aromatic nitrogens is 1. The molecule has 0 aliphatic carbocycles. The molecule has 2 fully saturated rings. The number of nitrogens with zero attached hydrogens (tertiary/aromatic N) is 2. The van der Waals surface area contributed by atoms with Crippen LogP contribution in [0.4, 0.5) is 0 Å². The topological polar surface area (TPSA) is 57.3 Å². The Bertz CT molecular complexity index is 975. The Hall–Kier alpha value is -3.02. The van der Waals surface area contributed by atoms with Crippen molar-refractivity contribution in [3.05, 3.63) is 90.3 Å². The van der Waals surface area contributed by atoms with Crippen LogP contribution in [0.5, 0.6) is 0 Å². The van der Waals surface area contributed by atoms with Gasteiger partial charge in [0.15, 0.2) is 0 Å². The zero-order chi connectivity index (χ0) is 19.6. The van der Waals surface area contributed by atoms with Gasteiger partial charge in [0.05, 0.1) is 6.04 Å². The zero-order valence-electron chi connectivity index (χ0n) is 16.2. The maximum Gasteiger partial charge on any atom is 0.272 e. The highest BCUT2D eigenvalue weighted by Gasteiger charge is 2.41. The zero-order valence-corrected chi connectivity index (χ0v) is 16.2. The lowest BCUT2D eigenvalue weighted by molar-refractivity contribution is 0.0646. The third-order valence-corrected chi connectivity index (χ3v) is 6.06. The molecule has 2 aromatic carbocycles. The Kier molecular flexibility index (Phi) is 4.84. The lowest BCUT2D eigenvalue weighted by Crippen LogP contribution is -2.48. The number of benzene rings is 2. The van der Waals surface area contributed by atoms with Gasteiger partial charge in [-0.1, -0.05) is 60.7 Å². The van der Waals surface area contributed by atoms with E-state index in [1.807, 2.05) is 23.1 Å². The Labute approximate surface area is 170 Å². The number of likely N-dealkylation sites (tertiary alicyclic amines) is 1. The summed E-state index contributed by atoms with van der Waals surface area (Å²) >= 11 is 0. The second kappa shape index (κ2) is 7.78. The van der Waals surface area contributed by atoms with E-state index in [0.29, 0.717) is 17.7 Å². The number of hydrogen-bond acceptors (Lipinski definition) is 4. The van der Waals surface area contributed by atoms with Crippen LogP contribution in [0.25, 0.3) is 11.1 Å². The van der Waals surface area contributed by atoms with Crippen molar-refractivity contribution in [1.29, 1.82) is 0 Å². The van der Waals surface area contributed by atoms with Crippen molar-refractivity contribution >= 4 is 5.91 Å². The molecular weight excluding hydrogens is 360 g/mol. The van der Waals surface area contributed by atoms with Gasteiger partial charge in [0.2, 0.25) is 0 Å². The molecule has 146 valence electrons. The minimum absolute atomic E-state index is 0.0223. The second-order valence-electron chi connectivity index (χ2n) is 7.78. The van der Waals surface area contributed by atoms with E-state index in [1.54, 1.807) is 12.3 Å². The summed E-state index contributed by atoms with van der Waals surface area (Å²) in [4.78, 5) is 19.0. The van der Waals surface area contributed by atoms with Crippen molar-refractivity contribution in [3.8, 4) is 11.1 Å². The summed E-state index contributed by atoms with van der Waals surface area (Å²) in [6.45, 7) is 1.48. The van der Waals surface area contributed by atoms with Gasteiger partial charge in [0, 0.05) is 31.2 Å². The molecule has 3 heterocycles. The Morgan fingerprint density at radius 3 is 2.41 bits per heavy atom. The van der Waals surface area contributed by atoms with Crippen LogP contribution >= 0.6 is 0 Å². The van der Waals surface area contributed by atoms with Crippen molar-refractivity contribution < 1.29 is 4.79 Å². The van der Waals surface area contributed by atoms with Crippen LogP contribution in [-0.2, 0) is 0 Å². The van der Waals surface area contributed by atoms with Crippen molar-refractivity contribution in [2.75, 3.05) is 13.1 Å². The van der Waals surface area contributed by atoms with Crippen LogP contribution < -0.4 is 10.9 Å². The number of carbonyl (C=O) groups excluding carboxylic acids is 1. The SMILES string of the molecule is O=C(c1ccccn1)N1CCC2NNC(c3ccc(-c4ccccc4)cc3)C2C1. The molecule has 5 heteroatoms.